The van der Waals surface area contributed by atoms with Crippen LogP contribution in [-0.2, 0) is 18.9 Å². The largest absolute Gasteiger partial charge is 0.444 e. The van der Waals surface area contributed by atoms with Gasteiger partial charge in [0.25, 0.3) is 0 Å². The first-order valence-electron chi connectivity index (χ1n) is 24.7. The SMILES string of the molecule is CC(C)(C)OC(=O)N1CCN(c2nc(N3CCN(C(=O)OC(C)(C)C)CC3)nc(N3CCN(c4nc(N5CCN(C(=O)OC(C)(C)C)CC5)nc(N5CCN(C(=O)OC(C)(C)C)CC5)n4)CC3)n2)CC1. The Bertz CT molecular complexity index is 1870. The summed E-state index contributed by atoms with van der Waals surface area (Å²) < 4.78 is 22.6. The number of ether oxygens (including phenoxy) is 4. The van der Waals surface area contributed by atoms with Crippen LogP contribution in [0.4, 0.5) is 54.9 Å². The lowest BCUT2D eigenvalue weighted by Gasteiger charge is -2.39. The summed E-state index contributed by atoms with van der Waals surface area (Å²) >= 11 is 0. The Morgan fingerprint density at radius 2 is 0.400 bits per heavy atom. The Morgan fingerprint density at radius 3 is 0.529 bits per heavy atom. The summed E-state index contributed by atoms with van der Waals surface area (Å²) in [5.41, 5.74) is -2.39. The number of nitrogens with zero attached hydrogens (tertiary/aromatic N) is 16. The lowest BCUT2D eigenvalue weighted by molar-refractivity contribution is 0.0229. The van der Waals surface area contributed by atoms with E-state index in [9.17, 15) is 19.2 Å². The van der Waals surface area contributed by atoms with E-state index in [1.165, 1.54) is 0 Å². The van der Waals surface area contributed by atoms with Crippen LogP contribution in [0.15, 0.2) is 0 Å². The minimum absolute atomic E-state index is 0.344. The van der Waals surface area contributed by atoms with Gasteiger partial charge in [-0.15, -0.1) is 0 Å². The Kier molecular flexibility index (Phi) is 15.3. The number of piperazine rings is 5. The smallest absolute Gasteiger partial charge is 0.410 e. The van der Waals surface area contributed by atoms with Crippen LogP contribution in [0.2, 0.25) is 0 Å². The van der Waals surface area contributed by atoms with Gasteiger partial charge in [0.15, 0.2) is 0 Å². The lowest BCUT2D eigenvalue weighted by Crippen LogP contribution is -2.52. The van der Waals surface area contributed by atoms with Crippen molar-refractivity contribution in [2.24, 2.45) is 0 Å². The molecule has 0 radical (unpaired) electrons. The van der Waals surface area contributed by atoms with Crippen molar-refractivity contribution in [2.45, 2.75) is 105 Å². The number of carbonyl (C=O) groups is 4. The molecule has 24 heteroatoms. The molecular weight excluding hydrogens is 905 g/mol. The van der Waals surface area contributed by atoms with Gasteiger partial charge in [-0.2, -0.15) is 29.9 Å². The Labute approximate surface area is 412 Å². The second-order valence-corrected chi connectivity index (χ2v) is 22.3. The van der Waals surface area contributed by atoms with Gasteiger partial charge >= 0.3 is 24.4 Å². The fourth-order valence-electron chi connectivity index (χ4n) is 8.30. The molecule has 70 heavy (non-hydrogen) atoms. The van der Waals surface area contributed by atoms with E-state index in [0.717, 1.165) is 0 Å². The number of rotatable bonds is 6. The first-order chi connectivity index (χ1) is 32.8. The van der Waals surface area contributed by atoms with E-state index in [1.807, 2.05) is 83.1 Å². The zero-order chi connectivity index (χ0) is 50.8. The maximum Gasteiger partial charge on any atom is 0.410 e. The molecule has 0 aromatic carbocycles. The van der Waals surface area contributed by atoms with Gasteiger partial charge in [-0.1, -0.05) is 0 Å². The minimum atomic E-state index is -0.598. The van der Waals surface area contributed by atoms with Crippen molar-refractivity contribution < 1.29 is 38.1 Å². The number of amides is 4. The molecule has 2 aromatic heterocycles. The normalized spacial score (nSPS) is 19.1. The molecule has 0 N–H and O–H groups in total. The van der Waals surface area contributed by atoms with Crippen molar-refractivity contribution in [2.75, 3.05) is 160 Å². The quantitative estimate of drug-likeness (QED) is 0.378. The molecule has 7 heterocycles. The summed E-state index contributed by atoms with van der Waals surface area (Å²) in [7, 11) is 0. The number of carbonyl (C=O) groups excluding carboxylic acids is 4. The monoisotopic (exact) mass is 981 g/mol. The third-order valence-electron chi connectivity index (χ3n) is 11.9. The minimum Gasteiger partial charge on any atom is -0.444 e. The molecule has 5 fully saturated rings. The van der Waals surface area contributed by atoms with Crippen LogP contribution in [0, 0.1) is 0 Å². The van der Waals surface area contributed by atoms with Crippen LogP contribution in [0.3, 0.4) is 0 Å². The standard InChI is InChI=1S/C46H76N16O8/c1-43(2,3)67-39(63)59-25-17-55(18-26-59)35-47-33(48-36(51-35)56-19-27-60(28-20-56)40(64)68-44(4,5)6)53-13-15-54(16-14-53)34-49-37(57-21-29-61(30-22-57)41(65)69-45(7,8)9)52-38(50-34)58-23-31-62(32-24-58)42(66)70-46(10,11)12/h13-32H2,1-12H3. The van der Waals surface area contributed by atoms with Gasteiger partial charge in [-0.3, -0.25) is 0 Å². The van der Waals surface area contributed by atoms with Crippen LogP contribution in [-0.4, -0.2) is 227 Å². The first kappa shape index (κ1) is 51.7. The van der Waals surface area contributed by atoms with E-state index in [1.54, 1.807) is 19.6 Å². The zero-order valence-electron chi connectivity index (χ0n) is 43.6. The van der Waals surface area contributed by atoms with Crippen LogP contribution in [0.1, 0.15) is 83.1 Å². The van der Waals surface area contributed by atoms with Crippen molar-refractivity contribution >= 4 is 60.1 Å². The molecule has 24 nitrogen and oxygen atoms in total. The molecule has 0 bridgehead atoms. The number of hydrogen-bond acceptors (Lipinski definition) is 20. The molecule has 0 atom stereocenters. The van der Waals surface area contributed by atoms with Gasteiger partial charge in [0.1, 0.15) is 22.4 Å². The maximum absolute atomic E-state index is 12.9. The van der Waals surface area contributed by atoms with Gasteiger partial charge < -0.3 is 67.9 Å². The summed E-state index contributed by atoms with van der Waals surface area (Å²) in [6.45, 7) is 32.3. The van der Waals surface area contributed by atoms with Crippen molar-refractivity contribution in [3.63, 3.8) is 0 Å². The highest BCUT2D eigenvalue weighted by Gasteiger charge is 2.34. The zero-order valence-corrected chi connectivity index (χ0v) is 43.6. The van der Waals surface area contributed by atoms with Gasteiger partial charge in [0, 0.05) is 131 Å². The third kappa shape index (κ3) is 14.0. The average Bonchev–Trinajstić information content (AvgIpc) is 3.29. The Hall–Kier alpha value is -6.10. The predicted molar refractivity (Wildman–Crippen MR) is 264 cm³/mol. The second-order valence-electron chi connectivity index (χ2n) is 22.3. The Morgan fingerprint density at radius 1 is 0.271 bits per heavy atom. The molecule has 5 aliphatic heterocycles. The number of anilines is 6. The van der Waals surface area contributed by atoms with Crippen molar-refractivity contribution in [3.05, 3.63) is 0 Å². The summed E-state index contributed by atoms with van der Waals surface area (Å²) in [5, 5.41) is 0. The second kappa shape index (κ2) is 20.7. The molecule has 5 saturated heterocycles. The molecule has 0 aliphatic carbocycles. The van der Waals surface area contributed by atoms with E-state index in [4.69, 9.17) is 48.9 Å². The van der Waals surface area contributed by atoms with Crippen LogP contribution in [0.25, 0.3) is 0 Å². The van der Waals surface area contributed by atoms with Gasteiger partial charge in [-0.25, -0.2) is 19.2 Å². The summed E-state index contributed by atoms with van der Waals surface area (Å²) in [4.78, 5) is 101. The van der Waals surface area contributed by atoms with Crippen molar-refractivity contribution in [1.29, 1.82) is 0 Å². The van der Waals surface area contributed by atoms with Crippen LogP contribution >= 0.6 is 0 Å². The van der Waals surface area contributed by atoms with E-state index >= 15 is 0 Å². The maximum atomic E-state index is 12.9. The summed E-state index contributed by atoms with van der Waals surface area (Å²) in [6, 6.07) is 0. The predicted octanol–water partition coefficient (Wildman–Crippen LogP) is 3.61. The van der Waals surface area contributed by atoms with Gasteiger partial charge in [-0.05, 0) is 83.1 Å². The highest BCUT2D eigenvalue weighted by atomic mass is 16.6. The highest BCUT2D eigenvalue weighted by Crippen LogP contribution is 2.27. The molecule has 0 unspecified atom stereocenters. The Balaban J connectivity index is 1.09. The van der Waals surface area contributed by atoms with Crippen LogP contribution in [0.5, 0.6) is 0 Å². The molecule has 7 rings (SSSR count). The summed E-state index contributed by atoms with van der Waals surface area (Å²) in [6.07, 6.45) is -1.37. The molecular formula is C46H76N16O8. The van der Waals surface area contributed by atoms with E-state index < -0.39 is 22.4 Å². The van der Waals surface area contributed by atoms with Crippen molar-refractivity contribution in [3.8, 4) is 0 Å². The molecule has 0 saturated carbocycles. The third-order valence-corrected chi connectivity index (χ3v) is 11.9. The molecule has 4 amide bonds. The fraction of sp³-hybridized carbons (Fsp3) is 0.783. The van der Waals surface area contributed by atoms with E-state index in [-0.39, 0.29) is 24.4 Å². The molecule has 5 aliphatic rings. The molecule has 2 aromatic rings. The van der Waals surface area contributed by atoms with Crippen molar-refractivity contribution in [1.82, 2.24) is 49.5 Å². The fourth-order valence-corrected chi connectivity index (χ4v) is 8.30. The molecule has 388 valence electrons. The van der Waals surface area contributed by atoms with Gasteiger partial charge in [0.2, 0.25) is 35.7 Å². The first-order valence-corrected chi connectivity index (χ1v) is 24.7. The van der Waals surface area contributed by atoms with E-state index in [0.29, 0.717) is 167 Å². The molecule has 0 spiro atoms. The summed E-state index contributed by atoms with van der Waals surface area (Å²) in [5.74, 6) is 3.15. The highest BCUT2D eigenvalue weighted by molar-refractivity contribution is 5.70. The number of aromatic nitrogens is 6. The van der Waals surface area contributed by atoms with Gasteiger partial charge in [0.05, 0.1) is 0 Å². The number of hydrogen-bond donors (Lipinski definition) is 0. The lowest BCUT2D eigenvalue weighted by atomic mass is 10.2. The topological polar surface area (TPSA) is 215 Å². The van der Waals surface area contributed by atoms with E-state index in [2.05, 4.69) is 29.4 Å². The van der Waals surface area contributed by atoms with Crippen LogP contribution < -0.4 is 29.4 Å². The average molecular weight is 981 g/mol.